The number of carboxylic acid groups (broad SMARTS) is 1. The molecule has 0 spiro atoms. The maximum absolute atomic E-state index is 11.7. The number of ether oxygens (including phenoxy) is 1. The summed E-state index contributed by atoms with van der Waals surface area (Å²) in [5, 5.41) is 17.8. The van der Waals surface area contributed by atoms with Crippen LogP contribution in [0.3, 0.4) is 0 Å². The Morgan fingerprint density at radius 1 is 1.35 bits per heavy atom. The Hall–Kier alpha value is -2.23. The smallest absolute Gasteiger partial charge is 0.408 e. The quantitative estimate of drug-likeness (QED) is 0.551. The molecule has 0 aliphatic rings. The van der Waals surface area contributed by atoms with Crippen LogP contribution in [0, 0.1) is 6.92 Å². The fraction of sp³-hybridized carbons (Fsp3) is 0.625. The molecule has 0 radical (unpaired) electrons. The molecule has 1 heterocycles. The van der Waals surface area contributed by atoms with Crippen molar-refractivity contribution in [3.8, 4) is 0 Å². The first-order valence-electron chi connectivity index (χ1n) is 8.10. The molecule has 0 saturated carbocycles. The molecule has 1 unspecified atom stereocenters. The molecule has 2 amide bonds. The van der Waals surface area contributed by atoms with E-state index in [2.05, 4.69) is 15.8 Å². The van der Waals surface area contributed by atoms with Gasteiger partial charge in [0.1, 0.15) is 17.4 Å². The number of nitrogens with zero attached hydrogens (tertiary/aromatic N) is 1. The molecule has 26 heavy (non-hydrogen) atoms. The average molecular weight is 387 g/mol. The summed E-state index contributed by atoms with van der Waals surface area (Å²) >= 11 is 1.42. The summed E-state index contributed by atoms with van der Waals surface area (Å²) in [6.45, 7) is 6.82. The minimum atomic E-state index is -1.13. The van der Waals surface area contributed by atoms with E-state index in [9.17, 15) is 19.5 Å². The van der Waals surface area contributed by atoms with Crippen LogP contribution in [0.15, 0.2) is 10.6 Å². The number of alkyl carbamates (subject to hydrolysis) is 1. The van der Waals surface area contributed by atoms with E-state index in [1.54, 1.807) is 33.8 Å². The van der Waals surface area contributed by atoms with Crippen LogP contribution in [0.25, 0.3) is 0 Å². The molecule has 0 aliphatic heterocycles. The Morgan fingerprint density at radius 2 is 2.04 bits per heavy atom. The van der Waals surface area contributed by atoms with E-state index in [0.717, 1.165) is 0 Å². The molecule has 0 fully saturated rings. The molecule has 0 aromatic carbocycles. The van der Waals surface area contributed by atoms with Gasteiger partial charge >= 0.3 is 12.1 Å². The molecule has 10 heteroatoms. The van der Waals surface area contributed by atoms with Gasteiger partial charge < -0.3 is 25.0 Å². The van der Waals surface area contributed by atoms with Gasteiger partial charge in [-0.3, -0.25) is 4.79 Å². The van der Waals surface area contributed by atoms with Gasteiger partial charge in [-0.15, -0.1) is 0 Å². The van der Waals surface area contributed by atoms with E-state index in [0.29, 0.717) is 23.1 Å². The summed E-state index contributed by atoms with van der Waals surface area (Å²) in [5.41, 5.74) is -0.697. The number of hydrogen-bond acceptors (Lipinski definition) is 7. The van der Waals surface area contributed by atoms with Crippen molar-refractivity contribution in [3.05, 3.63) is 11.8 Å². The number of carbonyl (C=O) groups excluding carboxylic acids is 2. The van der Waals surface area contributed by atoms with Crippen molar-refractivity contribution in [3.63, 3.8) is 0 Å². The van der Waals surface area contributed by atoms with Gasteiger partial charge in [-0.05, 0) is 39.9 Å². The molecule has 0 saturated heterocycles. The van der Waals surface area contributed by atoms with Gasteiger partial charge in [0, 0.05) is 18.2 Å². The van der Waals surface area contributed by atoms with Crippen LogP contribution in [0.1, 0.15) is 39.4 Å². The second kappa shape index (κ2) is 10.0. The first-order valence-corrected chi connectivity index (χ1v) is 9.25. The lowest BCUT2D eigenvalue weighted by atomic mass is 10.2. The van der Waals surface area contributed by atoms with Crippen molar-refractivity contribution in [1.29, 1.82) is 0 Å². The van der Waals surface area contributed by atoms with Crippen molar-refractivity contribution in [2.24, 2.45) is 0 Å². The van der Waals surface area contributed by atoms with Crippen LogP contribution in [0.2, 0.25) is 0 Å². The number of anilines is 1. The number of hydrogen-bond donors (Lipinski definition) is 3. The molecule has 1 rings (SSSR count). The lowest BCUT2D eigenvalue weighted by Crippen LogP contribution is -2.43. The van der Waals surface area contributed by atoms with Gasteiger partial charge in [-0.2, -0.15) is 11.8 Å². The maximum atomic E-state index is 11.7. The highest BCUT2D eigenvalue weighted by atomic mass is 32.2. The second-order valence-corrected chi connectivity index (χ2v) is 7.78. The van der Waals surface area contributed by atoms with Crippen LogP contribution in [-0.2, 0) is 14.3 Å². The van der Waals surface area contributed by atoms with E-state index in [4.69, 9.17) is 9.26 Å². The summed E-state index contributed by atoms with van der Waals surface area (Å²) in [7, 11) is 0. The van der Waals surface area contributed by atoms with Crippen LogP contribution >= 0.6 is 11.8 Å². The molecule has 1 atom stereocenters. The number of amides is 2. The summed E-state index contributed by atoms with van der Waals surface area (Å²) in [5.74, 6) is 0.629. The monoisotopic (exact) mass is 387 g/mol. The minimum absolute atomic E-state index is 0.201. The Labute approximate surface area is 156 Å². The topological polar surface area (TPSA) is 131 Å². The third-order valence-electron chi connectivity index (χ3n) is 2.91. The van der Waals surface area contributed by atoms with Gasteiger partial charge in [0.2, 0.25) is 5.91 Å². The normalized spacial score (nSPS) is 12.3. The average Bonchev–Trinajstić information content (AvgIpc) is 2.88. The SMILES string of the molecule is Cc1cc(NC(=O)CCSCCC(NC(=O)OC(C)(C)C)C(=O)O)no1. The standard InChI is InChI=1S/C16H25N3O6S/c1-10-9-12(19-25-10)18-13(20)6-8-26-7-5-11(14(21)22)17-15(23)24-16(2,3)4/h9,11H,5-8H2,1-4H3,(H,17,23)(H,21,22)(H,18,19,20). The molecule has 0 bridgehead atoms. The van der Waals surface area contributed by atoms with Gasteiger partial charge in [-0.25, -0.2) is 9.59 Å². The Morgan fingerprint density at radius 3 is 2.58 bits per heavy atom. The Balaban J connectivity index is 2.25. The predicted molar refractivity (Wildman–Crippen MR) is 97.2 cm³/mol. The lowest BCUT2D eigenvalue weighted by molar-refractivity contribution is -0.139. The van der Waals surface area contributed by atoms with Crippen molar-refractivity contribution in [2.75, 3.05) is 16.8 Å². The zero-order valence-electron chi connectivity index (χ0n) is 15.3. The van der Waals surface area contributed by atoms with Crippen LogP contribution in [0.4, 0.5) is 10.6 Å². The third kappa shape index (κ3) is 9.30. The fourth-order valence-corrected chi connectivity index (χ4v) is 2.74. The number of carboxylic acids is 1. The zero-order chi connectivity index (χ0) is 19.7. The highest BCUT2D eigenvalue weighted by Gasteiger charge is 2.23. The van der Waals surface area contributed by atoms with Crippen molar-refractivity contribution >= 4 is 35.5 Å². The minimum Gasteiger partial charge on any atom is -0.480 e. The summed E-state index contributed by atoms with van der Waals surface area (Å²) in [6, 6.07) is 0.578. The molecular weight excluding hydrogens is 362 g/mol. The van der Waals surface area contributed by atoms with Gasteiger partial charge in [0.15, 0.2) is 5.82 Å². The summed E-state index contributed by atoms with van der Waals surface area (Å²) < 4.78 is 9.90. The molecule has 146 valence electrons. The van der Waals surface area contributed by atoms with Gasteiger partial charge in [0.25, 0.3) is 0 Å². The van der Waals surface area contributed by atoms with E-state index < -0.39 is 23.7 Å². The first kappa shape index (κ1) is 21.8. The number of aromatic nitrogens is 1. The molecular formula is C16H25N3O6S. The molecule has 3 N–H and O–H groups in total. The number of carbonyl (C=O) groups is 3. The Kier molecular flexibility index (Phi) is 8.43. The number of rotatable bonds is 9. The maximum Gasteiger partial charge on any atom is 0.408 e. The predicted octanol–water partition coefficient (Wildman–Crippen LogP) is 2.41. The highest BCUT2D eigenvalue weighted by molar-refractivity contribution is 7.99. The van der Waals surface area contributed by atoms with Crippen molar-refractivity contribution in [2.45, 2.75) is 52.2 Å². The van der Waals surface area contributed by atoms with E-state index in [1.807, 2.05) is 0 Å². The van der Waals surface area contributed by atoms with E-state index >= 15 is 0 Å². The number of aliphatic carboxylic acids is 1. The zero-order valence-corrected chi connectivity index (χ0v) is 16.1. The van der Waals surface area contributed by atoms with Gasteiger partial charge in [-0.1, -0.05) is 5.16 Å². The first-order chi connectivity index (χ1) is 12.1. The fourth-order valence-electron chi connectivity index (χ4n) is 1.81. The molecule has 1 aromatic heterocycles. The molecule has 9 nitrogen and oxygen atoms in total. The van der Waals surface area contributed by atoms with E-state index in [1.165, 1.54) is 11.8 Å². The third-order valence-corrected chi connectivity index (χ3v) is 3.93. The number of thioether (sulfide) groups is 1. The molecule has 0 aliphatic carbocycles. The number of nitrogens with one attached hydrogen (secondary N) is 2. The Bertz CT molecular complexity index is 626. The van der Waals surface area contributed by atoms with E-state index in [-0.39, 0.29) is 18.7 Å². The van der Waals surface area contributed by atoms with Crippen molar-refractivity contribution < 1.29 is 28.8 Å². The summed E-state index contributed by atoms with van der Waals surface area (Å²) in [6.07, 6.45) is -0.283. The highest BCUT2D eigenvalue weighted by Crippen LogP contribution is 2.11. The summed E-state index contributed by atoms with van der Waals surface area (Å²) in [4.78, 5) is 34.6. The van der Waals surface area contributed by atoms with Gasteiger partial charge in [0.05, 0.1) is 0 Å². The van der Waals surface area contributed by atoms with Crippen molar-refractivity contribution in [1.82, 2.24) is 10.5 Å². The number of aryl methyl sites for hydroxylation is 1. The van der Waals surface area contributed by atoms with Crippen LogP contribution < -0.4 is 10.6 Å². The van der Waals surface area contributed by atoms with Crippen LogP contribution in [0.5, 0.6) is 0 Å². The molecule has 1 aromatic rings. The largest absolute Gasteiger partial charge is 0.480 e. The second-order valence-electron chi connectivity index (χ2n) is 6.56. The van der Waals surface area contributed by atoms with Crippen LogP contribution in [-0.4, -0.2) is 51.4 Å². The lowest BCUT2D eigenvalue weighted by Gasteiger charge is -2.21.